The number of likely N-dealkylation sites (tertiary alicyclic amines) is 1. The lowest BCUT2D eigenvalue weighted by Crippen LogP contribution is -2.43. The number of nitrogens with zero attached hydrogens (tertiary/aromatic N) is 3. The molecule has 0 radical (unpaired) electrons. The lowest BCUT2D eigenvalue weighted by Gasteiger charge is -2.31. The van der Waals surface area contributed by atoms with E-state index in [4.69, 9.17) is 4.74 Å². The van der Waals surface area contributed by atoms with E-state index in [1.54, 1.807) is 9.47 Å². The predicted molar refractivity (Wildman–Crippen MR) is 119 cm³/mol. The lowest BCUT2D eigenvalue weighted by atomic mass is 9.95. The molecule has 0 bridgehead atoms. The number of pyridine rings is 1. The van der Waals surface area contributed by atoms with E-state index in [0.717, 1.165) is 29.8 Å². The number of methoxy groups -OCH3 is 1. The molecule has 168 valence electrons. The van der Waals surface area contributed by atoms with Gasteiger partial charge in [0.25, 0.3) is 11.5 Å². The molecule has 2 amide bonds. The largest absolute Gasteiger partial charge is 0.375 e. The Morgan fingerprint density at radius 1 is 1.09 bits per heavy atom. The first-order valence-electron chi connectivity index (χ1n) is 11.4. The summed E-state index contributed by atoms with van der Waals surface area (Å²) in [4.78, 5) is 43.0. The van der Waals surface area contributed by atoms with Gasteiger partial charge in [-0.3, -0.25) is 14.4 Å². The molecule has 1 aliphatic carbocycles. The van der Waals surface area contributed by atoms with Gasteiger partial charge in [0, 0.05) is 46.0 Å². The molecule has 1 saturated carbocycles. The molecule has 2 aromatic rings. The first kappa shape index (κ1) is 20.9. The van der Waals surface area contributed by atoms with E-state index < -0.39 is 0 Å². The van der Waals surface area contributed by atoms with Crippen molar-refractivity contribution in [3.05, 3.63) is 69.1 Å². The number of amides is 2. The molecular formula is C25H29N3O4. The second kappa shape index (κ2) is 8.54. The number of piperidine rings is 1. The van der Waals surface area contributed by atoms with E-state index >= 15 is 0 Å². The van der Waals surface area contributed by atoms with Crippen LogP contribution in [0, 0.1) is 11.8 Å². The van der Waals surface area contributed by atoms with Crippen LogP contribution >= 0.6 is 0 Å². The summed E-state index contributed by atoms with van der Waals surface area (Å²) in [5, 5.41) is 0. The Balaban J connectivity index is 1.48. The molecule has 2 fully saturated rings. The lowest BCUT2D eigenvalue weighted by molar-refractivity contribution is -0.136. The first-order chi connectivity index (χ1) is 15.5. The number of fused-ring (bicyclic) bond motifs is 2. The number of aryl methyl sites for hydroxylation is 2. The van der Waals surface area contributed by atoms with Crippen LogP contribution in [-0.2, 0) is 35.5 Å². The first-order valence-corrected chi connectivity index (χ1v) is 11.4. The number of ether oxygens (including phenoxy) is 1. The average molecular weight is 436 g/mol. The summed E-state index contributed by atoms with van der Waals surface area (Å²) in [6.07, 6.45) is 4.27. The molecule has 5 rings (SSSR count). The third kappa shape index (κ3) is 3.97. The highest BCUT2D eigenvalue weighted by atomic mass is 16.5. The topological polar surface area (TPSA) is 71.8 Å². The van der Waals surface area contributed by atoms with E-state index in [-0.39, 0.29) is 24.0 Å². The number of benzene rings is 1. The van der Waals surface area contributed by atoms with Crippen LogP contribution in [-0.4, -0.2) is 59.5 Å². The van der Waals surface area contributed by atoms with E-state index in [2.05, 4.69) is 0 Å². The molecule has 1 aromatic carbocycles. The van der Waals surface area contributed by atoms with Gasteiger partial charge in [-0.05, 0) is 47.8 Å². The van der Waals surface area contributed by atoms with Gasteiger partial charge >= 0.3 is 0 Å². The fraction of sp³-hybridized carbons (Fsp3) is 0.480. The van der Waals surface area contributed by atoms with Crippen molar-refractivity contribution in [2.75, 3.05) is 33.4 Å². The van der Waals surface area contributed by atoms with Crippen LogP contribution in [0.25, 0.3) is 0 Å². The van der Waals surface area contributed by atoms with Crippen molar-refractivity contribution in [1.82, 2.24) is 14.4 Å². The molecule has 0 N–H and O–H groups in total. The van der Waals surface area contributed by atoms with Crippen LogP contribution in [0.4, 0.5) is 0 Å². The molecule has 0 spiro atoms. The van der Waals surface area contributed by atoms with Crippen molar-refractivity contribution in [2.24, 2.45) is 11.8 Å². The maximum Gasteiger partial charge on any atom is 0.263 e. The Bertz CT molecular complexity index is 1080. The molecule has 7 nitrogen and oxygen atoms in total. The summed E-state index contributed by atoms with van der Waals surface area (Å²) in [5.41, 5.74) is 2.96. The Labute approximate surface area is 187 Å². The summed E-state index contributed by atoms with van der Waals surface area (Å²) < 4.78 is 6.68. The number of rotatable bonds is 6. The third-order valence-electron chi connectivity index (χ3n) is 7.05. The zero-order valence-electron chi connectivity index (χ0n) is 18.5. The number of hydrogen-bond acceptors (Lipinski definition) is 4. The number of aromatic nitrogens is 1. The molecule has 7 heteroatoms. The van der Waals surface area contributed by atoms with Crippen molar-refractivity contribution < 1.29 is 14.3 Å². The third-order valence-corrected chi connectivity index (χ3v) is 7.05. The SMILES string of the molecule is COCC(=O)N1CCc2c(cn(CCc3ccccc3)c(=O)c2C(=O)N2C[C@H]3C[C@H]3C2)C1. The van der Waals surface area contributed by atoms with Crippen molar-refractivity contribution in [3.8, 4) is 0 Å². The van der Waals surface area contributed by atoms with Gasteiger partial charge < -0.3 is 19.1 Å². The molecule has 1 aromatic heterocycles. The summed E-state index contributed by atoms with van der Waals surface area (Å²) in [5.74, 6) is 1.01. The molecule has 3 heterocycles. The Hall–Kier alpha value is -2.93. The normalized spacial score (nSPS) is 21.3. The molecule has 3 aliphatic rings. The molecule has 32 heavy (non-hydrogen) atoms. The number of carbonyl (C=O) groups excluding carboxylic acids is 2. The molecular weight excluding hydrogens is 406 g/mol. The van der Waals surface area contributed by atoms with Crippen LogP contribution in [0.5, 0.6) is 0 Å². The summed E-state index contributed by atoms with van der Waals surface area (Å²) >= 11 is 0. The zero-order valence-corrected chi connectivity index (χ0v) is 18.5. The molecule has 0 unspecified atom stereocenters. The molecule has 2 atom stereocenters. The van der Waals surface area contributed by atoms with Crippen LogP contribution in [0.2, 0.25) is 0 Å². The Morgan fingerprint density at radius 3 is 2.56 bits per heavy atom. The van der Waals surface area contributed by atoms with Crippen LogP contribution in [0.1, 0.15) is 33.5 Å². The smallest absolute Gasteiger partial charge is 0.263 e. The fourth-order valence-corrected chi connectivity index (χ4v) is 5.14. The minimum absolute atomic E-state index is 0.0331. The Morgan fingerprint density at radius 2 is 1.84 bits per heavy atom. The minimum Gasteiger partial charge on any atom is -0.375 e. The number of hydrogen-bond donors (Lipinski definition) is 0. The van der Waals surface area contributed by atoms with Crippen LogP contribution in [0.3, 0.4) is 0 Å². The maximum atomic E-state index is 13.5. The monoisotopic (exact) mass is 435 g/mol. The maximum absolute atomic E-state index is 13.5. The second-order valence-electron chi connectivity index (χ2n) is 9.21. The Kier molecular flexibility index (Phi) is 5.59. The van der Waals surface area contributed by atoms with Crippen molar-refractivity contribution in [3.63, 3.8) is 0 Å². The summed E-state index contributed by atoms with van der Waals surface area (Å²) in [7, 11) is 1.51. The molecule has 1 saturated heterocycles. The highest BCUT2D eigenvalue weighted by molar-refractivity contribution is 5.96. The highest BCUT2D eigenvalue weighted by Crippen LogP contribution is 2.45. The van der Waals surface area contributed by atoms with Crippen LogP contribution in [0.15, 0.2) is 41.3 Å². The predicted octanol–water partition coefficient (Wildman–Crippen LogP) is 1.71. The number of carbonyl (C=O) groups is 2. The minimum atomic E-state index is -0.207. The quantitative estimate of drug-likeness (QED) is 0.693. The highest BCUT2D eigenvalue weighted by Gasteiger charge is 2.47. The summed E-state index contributed by atoms with van der Waals surface area (Å²) in [6.45, 7) is 2.94. The van der Waals surface area contributed by atoms with Crippen LogP contribution < -0.4 is 5.56 Å². The van der Waals surface area contributed by atoms with E-state index in [0.29, 0.717) is 49.9 Å². The van der Waals surface area contributed by atoms with Gasteiger partial charge in [0.05, 0.1) is 0 Å². The van der Waals surface area contributed by atoms with Crippen molar-refractivity contribution >= 4 is 11.8 Å². The van der Waals surface area contributed by atoms with Gasteiger partial charge in [-0.2, -0.15) is 0 Å². The van der Waals surface area contributed by atoms with Gasteiger partial charge in [0.2, 0.25) is 5.91 Å². The standard InChI is InChI=1S/C25H29N3O4/c1-32-16-22(29)26-10-8-21-20(14-26)15-27(9-7-17-5-3-2-4-6-17)24(30)23(21)25(31)28-12-18-11-19(18)13-28/h2-6,15,18-19H,7-14,16H2,1H3/t18-,19+. The van der Waals surface area contributed by atoms with E-state index in [9.17, 15) is 14.4 Å². The average Bonchev–Trinajstić information content (AvgIpc) is 3.42. The van der Waals surface area contributed by atoms with E-state index in [1.807, 2.05) is 41.4 Å². The van der Waals surface area contributed by atoms with Crippen molar-refractivity contribution in [2.45, 2.75) is 32.4 Å². The fourth-order valence-electron chi connectivity index (χ4n) is 5.14. The van der Waals surface area contributed by atoms with Gasteiger partial charge in [-0.15, -0.1) is 0 Å². The van der Waals surface area contributed by atoms with E-state index in [1.165, 1.54) is 13.5 Å². The van der Waals surface area contributed by atoms with Gasteiger partial charge in [-0.25, -0.2) is 0 Å². The summed E-state index contributed by atoms with van der Waals surface area (Å²) in [6, 6.07) is 10.0. The zero-order chi connectivity index (χ0) is 22.2. The molecule has 2 aliphatic heterocycles. The van der Waals surface area contributed by atoms with Crippen molar-refractivity contribution in [1.29, 1.82) is 0 Å². The van der Waals surface area contributed by atoms with Gasteiger partial charge in [0.15, 0.2) is 0 Å². The van der Waals surface area contributed by atoms with Gasteiger partial charge in [-0.1, -0.05) is 30.3 Å². The van der Waals surface area contributed by atoms with Gasteiger partial charge in [0.1, 0.15) is 12.2 Å². The second-order valence-corrected chi connectivity index (χ2v) is 9.21.